The van der Waals surface area contributed by atoms with Crippen LogP contribution in [0.3, 0.4) is 0 Å². The first-order chi connectivity index (χ1) is 18.0. The van der Waals surface area contributed by atoms with Crippen molar-refractivity contribution >= 4 is 17.5 Å². The van der Waals surface area contributed by atoms with Gasteiger partial charge in [0.15, 0.2) is 0 Å². The molecule has 0 bridgehead atoms. The highest BCUT2D eigenvalue weighted by atomic mass is 16.5. The molecule has 1 fully saturated rings. The zero-order valence-electron chi connectivity index (χ0n) is 21.1. The molecule has 3 aromatic carbocycles. The van der Waals surface area contributed by atoms with Crippen LogP contribution in [0, 0.1) is 6.92 Å². The number of amides is 2. The minimum atomic E-state index is -0.166. The maximum Gasteiger partial charge on any atom is 0.255 e. The molecule has 1 aromatic heterocycles. The topological polar surface area (TPSA) is 88.3 Å². The van der Waals surface area contributed by atoms with Crippen LogP contribution in [0.15, 0.2) is 77.3 Å². The number of hydrogen-bond acceptors (Lipinski definition) is 5. The zero-order valence-corrected chi connectivity index (χ0v) is 21.1. The van der Waals surface area contributed by atoms with E-state index in [0.717, 1.165) is 41.6 Å². The van der Waals surface area contributed by atoms with Gasteiger partial charge in [0.1, 0.15) is 0 Å². The van der Waals surface area contributed by atoms with Crippen molar-refractivity contribution in [2.45, 2.75) is 39.0 Å². The van der Waals surface area contributed by atoms with E-state index in [1.54, 1.807) is 12.1 Å². The summed E-state index contributed by atoms with van der Waals surface area (Å²) in [6.45, 7) is 5.35. The third kappa shape index (κ3) is 5.45. The fourth-order valence-corrected chi connectivity index (χ4v) is 4.67. The summed E-state index contributed by atoms with van der Waals surface area (Å²) in [5.41, 5.74) is 5.04. The molecular weight excluding hydrogens is 464 g/mol. The average molecular weight is 495 g/mol. The normalized spacial score (nSPS) is 13.9. The highest BCUT2D eigenvalue weighted by molar-refractivity contribution is 6.04. The van der Waals surface area contributed by atoms with E-state index in [0.29, 0.717) is 30.4 Å². The molecule has 4 aromatic rings. The lowest BCUT2D eigenvalue weighted by Crippen LogP contribution is -2.38. The summed E-state index contributed by atoms with van der Waals surface area (Å²) in [6, 6.07) is 22.7. The second kappa shape index (κ2) is 10.8. The van der Waals surface area contributed by atoms with Gasteiger partial charge in [-0.1, -0.05) is 54.5 Å². The number of carbonyl (C=O) groups excluding carboxylic acids is 2. The Bertz CT molecular complexity index is 1400. The van der Waals surface area contributed by atoms with Gasteiger partial charge in [0.05, 0.1) is 0 Å². The smallest absolute Gasteiger partial charge is 0.255 e. The van der Waals surface area contributed by atoms with Crippen LogP contribution in [-0.4, -0.2) is 39.9 Å². The molecule has 7 nitrogen and oxygen atoms in total. The minimum absolute atomic E-state index is 0.0740. The molecule has 7 heteroatoms. The van der Waals surface area contributed by atoms with Crippen LogP contribution in [0.2, 0.25) is 0 Å². The molecule has 0 spiro atoms. The van der Waals surface area contributed by atoms with Gasteiger partial charge in [-0.3, -0.25) is 9.59 Å². The number of nitrogens with zero attached hydrogens (tertiary/aromatic N) is 3. The highest BCUT2D eigenvalue weighted by Gasteiger charge is 2.28. The van der Waals surface area contributed by atoms with Crippen molar-refractivity contribution in [1.82, 2.24) is 15.0 Å². The second-order valence-electron chi connectivity index (χ2n) is 9.42. The summed E-state index contributed by atoms with van der Waals surface area (Å²) in [5.74, 6) is 1.11. The van der Waals surface area contributed by atoms with Gasteiger partial charge in [-0.15, -0.1) is 0 Å². The van der Waals surface area contributed by atoms with Crippen LogP contribution in [0.5, 0.6) is 0 Å². The number of aromatic nitrogens is 2. The first kappa shape index (κ1) is 24.4. The van der Waals surface area contributed by atoms with Crippen LogP contribution in [0.25, 0.3) is 11.4 Å². The van der Waals surface area contributed by atoms with Crippen molar-refractivity contribution in [3.63, 3.8) is 0 Å². The molecule has 0 radical (unpaired) electrons. The number of nitrogens with one attached hydrogen (secondary N) is 1. The monoisotopic (exact) mass is 494 g/mol. The van der Waals surface area contributed by atoms with E-state index >= 15 is 0 Å². The summed E-state index contributed by atoms with van der Waals surface area (Å²) in [7, 11) is 0. The number of rotatable bonds is 6. The van der Waals surface area contributed by atoms with Gasteiger partial charge in [-0.05, 0) is 67.6 Å². The van der Waals surface area contributed by atoms with Crippen molar-refractivity contribution in [2.24, 2.45) is 0 Å². The Hall–Kier alpha value is -4.26. The number of likely N-dealkylation sites (tertiary alicyclic amines) is 1. The van der Waals surface area contributed by atoms with Crippen LogP contribution in [-0.2, 0) is 6.42 Å². The molecule has 1 saturated heterocycles. The maximum atomic E-state index is 12.9. The third-order valence-corrected chi connectivity index (χ3v) is 6.95. The Morgan fingerprint density at radius 1 is 1.00 bits per heavy atom. The van der Waals surface area contributed by atoms with Crippen molar-refractivity contribution in [1.29, 1.82) is 0 Å². The second-order valence-corrected chi connectivity index (χ2v) is 9.42. The highest BCUT2D eigenvalue weighted by Crippen LogP contribution is 2.29. The Balaban J connectivity index is 1.19. The fraction of sp³-hybridized carbons (Fsp3) is 0.267. The maximum absolute atomic E-state index is 12.9. The van der Waals surface area contributed by atoms with Crippen molar-refractivity contribution in [3.05, 3.63) is 101 Å². The molecule has 0 atom stereocenters. The lowest BCUT2D eigenvalue weighted by molar-refractivity contribution is 0.0703. The van der Waals surface area contributed by atoms with E-state index in [4.69, 9.17) is 4.52 Å². The first-order valence-corrected chi connectivity index (χ1v) is 12.7. The Morgan fingerprint density at radius 3 is 2.49 bits per heavy atom. The van der Waals surface area contributed by atoms with Crippen molar-refractivity contribution < 1.29 is 14.1 Å². The SMILES string of the molecule is CCc1cccc(NC(=O)c2ccc(-c3noc(C4CCN(C(=O)c5ccccc5C)CC4)n3)cc2)c1. The van der Waals surface area contributed by atoms with Crippen molar-refractivity contribution in [3.8, 4) is 11.4 Å². The number of piperidine rings is 1. The van der Waals surface area contributed by atoms with E-state index in [9.17, 15) is 9.59 Å². The van der Waals surface area contributed by atoms with E-state index in [1.807, 2.05) is 72.5 Å². The Morgan fingerprint density at radius 2 is 1.76 bits per heavy atom. The third-order valence-electron chi connectivity index (χ3n) is 6.95. The molecule has 1 N–H and O–H groups in total. The summed E-state index contributed by atoms with van der Waals surface area (Å²) < 4.78 is 5.59. The van der Waals surface area contributed by atoms with E-state index < -0.39 is 0 Å². The molecule has 1 aliphatic rings. The van der Waals surface area contributed by atoms with Gasteiger partial charge < -0.3 is 14.7 Å². The number of carbonyl (C=O) groups is 2. The lowest BCUT2D eigenvalue weighted by atomic mass is 9.96. The van der Waals surface area contributed by atoms with Gasteiger partial charge in [-0.2, -0.15) is 4.98 Å². The number of aryl methyl sites for hydroxylation is 2. The van der Waals surface area contributed by atoms with Gasteiger partial charge in [0.25, 0.3) is 11.8 Å². The molecule has 0 saturated carbocycles. The summed E-state index contributed by atoms with van der Waals surface area (Å²) in [4.78, 5) is 32.1. The first-order valence-electron chi connectivity index (χ1n) is 12.7. The van der Waals surface area contributed by atoms with Gasteiger partial charge >= 0.3 is 0 Å². The molecular formula is C30H30N4O3. The average Bonchev–Trinajstić information content (AvgIpc) is 3.44. The summed E-state index contributed by atoms with van der Waals surface area (Å²) in [5, 5.41) is 7.12. The van der Waals surface area contributed by atoms with E-state index in [2.05, 4.69) is 22.4 Å². The predicted molar refractivity (Wildman–Crippen MR) is 143 cm³/mol. The van der Waals surface area contributed by atoms with Crippen LogP contribution in [0.4, 0.5) is 5.69 Å². The number of anilines is 1. The zero-order chi connectivity index (χ0) is 25.8. The standard InChI is InChI=1S/C30H30N4O3/c1-3-21-8-6-9-25(19-21)31-28(35)23-13-11-22(12-14-23)27-32-29(37-33-27)24-15-17-34(18-16-24)30(36)26-10-5-4-7-20(26)2/h4-14,19,24H,3,15-18H2,1-2H3,(H,31,35). The summed E-state index contributed by atoms with van der Waals surface area (Å²) >= 11 is 0. The van der Waals surface area contributed by atoms with Gasteiger partial charge in [0.2, 0.25) is 11.7 Å². The van der Waals surface area contributed by atoms with Gasteiger partial charge in [0, 0.05) is 41.4 Å². The van der Waals surface area contributed by atoms with Gasteiger partial charge in [-0.25, -0.2) is 0 Å². The largest absolute Gasteiger partial charge is 0.339 e. The molecule has 37 heavy (non-hydrogen) atoms. The van der Waals surface area contributed by atoms with E-state index in [1.165, 1.54) is 5.56 Å². The minimum Gasteiger partial charge on any atom is -0.339 e. The van der Waals surface area contributed by atoms with Crippen LogP contribution in [0.1, 0.15) is 63.4 Å². The van der Waals surface area contributed by atoms with E-state index in [-0.39, 0.29) is 17.7 Å². The molecule has 1 aliphatic heterocycles. The quantitative estimate of drug-likeness (QED) is 0.362. The molecule has 0 aliphatic carbocycles. The fourth-order valence-electron chi connectivity index (χ4n) is 4.67. The molecule has 188 valence electrons. The predicted octanol–water partition coefficient (Wildman–Crippen LogP) is 5.88. The van der Waals surface area contributed by atoms with Crippen molar-refractivity contribution in [2.75, 3.05) is 18.4 Å². The molecule has 2 amide bonds. The molecule has 2 heterocycles. The molecule has 0 unspecified atom stereocenters. The summed E-state index contributed by atoms with van der Waals surface area (Å²) in [6.07, 6.45) is 2.46. The van der Waals surface area contributed by atoms with Crippen LogP contribution < -0.4 is 5.32 Å². The molecule has 5 rings (SSSR count). The Labute approximate surface area is 216 Å². The lowest BCUT2D eigenvalue weighted by Gasteiger charge is -2.30. The number of hydrogen-bond donors (Lipinski definition) is 1. The number of benzene rings is 3. The van der Waals surface area contributed by atoms with Crippen LogP contribution >= 0.6 is 0 Å². The Kier molecular flexibility index (Phi) is 7.12.